The normalized spacial score (nSPS) is 10.1. The molecular formula is C11H18N4O2. The molecule has 0 amide bonds. The molecule has 0 aromatic carbocycles. The summed E-state index contributed by atoms with van der Waals surface area (Å²) in [6, 6.07) is 1.80. The Morgan fingerprint density at radius 2 is 1.88 bits per heavy atom. The number of carboxylic acids is 1. The first-order valence-electron chi connectivity index (χ1n) is 5.58. The van der Waals surface area contributed by atoms with Crippen molar-refractivity contribution in [2.45, 2.75) is 13.8 Å². The number of hydrogen-bond acceptors (Lipinski definition) is 5. The van der Waals surface area contributed by atoms with Crippen LogP contribution in [0.5, 0.6) is 0 Å². The van der Waals surface area contributed by atoms with Crippen molar-refractivity contribution in [3.63, 3.8) is 0 Å². The van der Waals surface area contributed by atoms with Crippen LogP contribution in [-0.4, -0.2) is 47.7 Å². The van der Waals surface area contributed by atoms with Crippen molar-refractivity contribution in [2.24, 2.45) is 0 Å². The van der Waals surface area contributed by atoms with E-state index in [0.717, 1.165) is 18.9 Å². The summed E-state index contributed by atoms with van der Waals surface area (Å²) in [6.07, 6.45) is 1.46. The zero-order chi connectivity index (χ0) is 12.8. The SMILES string of the molecule is CCN(CC)c1cc(N(C)CC(=O)O)ncn1. The smallest absolute Gasteiger partial charge is 0.323 e. The van der Waals surface area contributed by atoms with Crippen LogP contribution in [0.15, 0.2) is 12.4 Å². The van der Waals surface area contributed by atoms with Gasteiger partial charge in [0.1, 0.15) is 24.5 Å². The maximum absolute atomic E-state index is 10.6. The van der Waals surface area contributed by atoms with E-state index in [1.54, 1.807) is 18.0 Å². The Kier molecular flexibility index (Phi) is 4.68. The maximum Gasteiger partial charge on any atom is 0.323 e. The summed E-state index contributed by atoms with van der Waals surface area (Å²) in [7, 11) is 1.70. The number of rotatable bonds is 6. The quantitative estimate of drug-likeness (QED) is 0.792. The summed E-state index contributed by atoms with van der Waals surface area (Å²) in [5.41, 5.74) is 0. The molecule has 1 heterocycles. The molecule has 0 atom stereocenters. The summed E-state index contributed by atoms with van der Waals surface area (Å²) in [5.74, 6) is 0.553. The highest BCUT2D eigenvalue weighted by Gasteiger charge is 2.10. The highest BCUT2D eigenvalue weighted by Crippen LogP contribution is 2.15. The lowest BCUT2D eigenvalue weighted by atomic mass is 10.4. The number of carboxylic acid groups (broad SMARTS) is 1. The molecule has 6 heteroatoms. The fraction of sp³-hybridized carbons (Fsp3) is 0.545. The van der Waals surface area contributed by atoms with Crippen molar-refractivity contribution in [1.82, 2.24) is 9.97 Å². The summed E-state index contributed by atoms with van der Waals surface area (Å²) >= 11 is 0. The first kappa shape index (κ1) is 13.2. The predicted octanol–water partition coefficient (Wildman–Crippen LogP) is 0.844. The topological polar surface area (TPSA) is 69.6 Å². The second-order valence-electron chi connectivity index (χ2n) is 3.66. The van der Waals surface area contributed by atoms with Crippen molar-refractivity contribution in [2.75, 3.05) is 36.5 Å². The Hall–Kier alpha value is -1.85. The van der Waals surface area contributed by atoms with Crippen molar-refractivity contribution in [3.8, 4) is 0 Å². The summed E-state index contributed by atoms with van der Waals surface area (Å²) in [5, 5.41) is 8.72. The minimum atomic E-state index is -0.879. The summed E-state index contributed by atoms with van der Waals surface area (Å²) in [6.45, 7) is 5.73. The lowest BCUT2D eigenvalue weighted by Crippen LogP contribution is -2.27. The lowest BCUT2D eigenvalue weighted by molar-refractivity contribution is -0.135. The van der Waals surface area contributed by atoms with Gasteiger partial charge in [-0.05, 0) is 13.8 Å². The van der Waals surface area contributed by atoms with E-state index >= 15 is 0 Å². The van der Waals surface area contributed by atoms with Gasteiger partial charge in [-0.2, -0.15) is 0 Å². The zero-order valence-corrected chi connectivity index (χ0v) is 10.4. The molecule has 94 valence electrons. The summed E-state index contributed by atoms with van der Waals surface area (Å²) in [4.78, 5) is 22.5. The first-order chi connectivity index (χ1) is 8.08. The van der Waals surface area contributed by atoms with Crippen LogP contribution in [0.25, 0.3) is 0 Å². The van der Waals surface area contributed by atoms with Gasteiger partial charge in [-0.3, -0.25) is 4.79 Å². The van der Waals surface area contributed by atoms with Crippen LogP contribution in [0.3, 0.4) is 0 Å². The van der Waals surface area contributed by atoms with Crippen molar-refractivity contribution in [3.05, 3.63) is 12.4 Å². The van der Waals surface area contributed by atoms with E-state index in [1.165, 1.54) is 6.33 Å². The molecule has 0 saturated heterocycles. The molecule has 0 bridgehead atoms. The minimum absolute atomic E-state index is 0.0747. The van der Waals surface area contributed by atoms with E-state index in [-0.39, 0.29) is 6.54 Å². The van der Waals surface area contributed by atoms with Crippen LogP contribution in [0.2, 0.25) is 0 Å². The van der Waals surface area contributed by atoms with Gasteiger partial charge in [0.25, 0.3) is 0 Å². The number of aliphatic carboxylic acids is 1. The van der Waals surface area contributed by atoms with E-state index in [9.17, 15) is 4.79 Å². The molecule has 0 aliphatic carbocycles. The van der Waals surface area contributed by atoms with Gasteiger partial charge < -0.3 is 14.9 Å². The Balaban J connectivity index is 2.88. The zero-order valence-electron chi connectivity index (χ0n) is 10.4. The van der Waals surface area contributed by atoms with Crippen LogP contribution in [0.1, 0.15) is 13.8 Å². The van der Waals surface area contributed by atoms with Crippen LogP contribution in [0.4, 0.5) is 11.6 Å². The fourth-order valence-corrected chi connectivity index (χ4v) is 1.55. The fourth-order valence-electron chi connectivity index (χ4n) is 1.55. The van der Waals surface area contributed by atoms with Gasteiger partial charge in [-0.1, -0.05) is 0 Å². The standard InChI is InChI=1S/C11H18N4O2/c1-4-15(5-2)10-6-9(12-8-13-10)14(3)7-11(16)17/h6,8H,4-5,7H2,1-3H3,(H,16,17). The van der Waals surface area contributed by atoms with Gasteiger partial charge >= 0.3 is 5.97 Å². The maximum atomic E-state index is 10.6. The van der Waals surface area contributed by atoms with Crippen molar-refractivity contribution < 1.29 is 9.90 Å². The Labute approximate surface area is 101 Å². The predicted molar refractivity (Wildman–Crippen MR) is 66.5 cm³/mol. The molecule has 1 aromatic rings. The van der Waals surface area contributed by atoms with E-state index < -0.39 is 5.97 Å². The monoisotopic (exact) mass is 238 g/mol. The third-order valence-corrected chi connectivity index (χ3v) is 2.49. The van der Waals surface area contributed by atoms with E-state index in [0.29, 0.717) is 5.82 Å². The average molecular weight is 238 g/mol. The second-order valence-corrected chi connectivity index (χ2v) is 3.66. The van der Waals surface area contributed by atoms with E-state index in [2.05, 4.69) is 14.9 Å². The molecule has 0 aliphatic rings. The Bertz CT molecular complexity index is 379. The van der Waals surface area contributed by atoms with Crippen LogP contribution >= 0.6 is 0 Å². The van der Waals surface area contributed by atoms with Crippen molar-refractivity contribution >= 4 is 17.6 Å². The van der Waals surface area contributed by atoms with Gasteiger partial charge in [-0.25, -0.2) is 9.97 Å². The number of hydrogen-bond donors (Lipinski definition) is 1. The number of likely N-dealkylation sites (N-methyl/N-ethyl adjacent to an activating group) is 1. The number of nitrogens with zero attached hydrogens (tertiary/aromatic N) is 4. The number of anilines is 2. The van der Waals surface area contributed by atoms with Crippen LogP contribution < -0.4 is 9.80 Å². The molecular weight excluding hydrogens is 220 g/mol. The van der Waals surface area contributed by atoms with Gasteiger partial charge in [0.05, 0.1) is 0 Å². The molecule has 0 spiro atoms. The highest BCUT2D eigenvalue weighted by molar-refractivity contribution is 5.73. The molecule has 0 unspecified atom stereocenters. The third kappa shape index (κ3) is 3.58. The third-order valence-electron chi connectivity index (χ3n) is 2.49. The number of aromatic nitrogens is 2. The molecule has 1 aromatic heterocycles. The molecule has 1 rings (SSSR count). The average Bonchev–Trinajstić information content (AvgIpc) is 2.30. The molecule has 0 fully saturated rings. The molecule has 0 aliphatic heterocycles. The second kappa shape index (κ2) is 6.03. The van der Waals surface area contributed by atoms with Gasteiger partial charge in [0, 0.05) is 26.2 Å². The molecule has 0 radical (unpaired) electrons. The van der Waals surface area contributed by atoms with Crippen molar-refractivity contribution in [1.29, 1.82) is 0 Å². The van der Waals surface area contributed by atoms with Crippen LogP contribution in [-0.2, 0) is 4.79 Å². The first-order valence-corrected chi connectivity index (χ1v) is 5.58. The largest absolute Gasteiger partial charge is 0.480 e. The lowest BCUT2D eigenvalue weighted by Gasteiger charge is -2.22. The molecule has 1 N–H and O–H groups in total. The minimum Gasteiger partial charge on any atom is -0.480 e. The highest BCUT2D eigenvalue weighted by atomic mass is 16.4. The van der Waals surface area contributed by atoms with E-state index in [4.69, 9.17) is 5.11 Å². The Morgan fingerprint density at radius 3 is 2.41 bits per heavy atom. The van der Waals surface area contributed by atoms with Gasteiger partial charge in [-0.15, -0.1) is 0 Å². The summed E-state index contributed by atoms with van der Waals surface area (Å²) < 4.78 is 0. The molecule has 6 nitrogen and oxygen atoms in total. The Morgan fingerprint density at radius 1 is 1.29 bits per heavy atom. The molecule has 17 heavy (non-hydrogen) atoms. The van der Waals surface area contributed by atoms with Gasteiger partial charge in [0.2, 0.25) is 0 Å². The van der Waals surface area contributed by atoms with Crippen LogP contribution in [0, 0.1) is 0 Å². The van der Waals surface area contributed by atoms with Gasteiger partial charge in [0.15, 0.2) is 0 Å². The van der Waals surface area contributed by atoms with E-state index in [1.807, 2.05) is 13.8 Å². The molecule has 0 saturated carbocycles. The number of carbonyl (C=O) groups is 1.